The predicted molar refractivity (Wildman–Crippen MR) is 104 cm³/mol. The van der Waals surface area contributed by atoms with E-state index in [1.54, 1.807) is 0 Å². The summed E-state index contributed by atoms with van der Waals surface area (Å²) >= 11 is 0. The second-order valence-corrected chi connectivity index (χ2v) is 8.79. The van der Waals surface area contributed by atoms with Gasteiger partial charge in [-0.2, -0.15) is 0 Å². The third-order valence-corrected chi connectivity index (χ3v) is 7.20. The van der Waals surface area contributed by atoms with E-state index in [4.69, 9.17) is 5.73 Å². The summed E-state index contributed by atoms with van der Waals surface area (Å²) in [6.45, 7) is 2.12. The van der Waals surface area contributed by atoms with Gasteiger partial charge < -0.3 is 20.8 Å². The van der Waals surface area contributed by atoms with Crippen molar-refractivity contribution >= 4 is 5.91 Å². The minimum Gasteiger partial charge on any atom is -0.390 e. The number of nitrogens with two attached hydrogens (primary N) is 1. The highest BCUT2D eigenvalue weighted by Crippen LogP contribution is 2.44. The first-order chi connectivity index (χ1) is 13.1. The summed E-state index contributed by atoms with van der Waals surface area (Å²) in [5.74, 6) is 0.864. The lowest BCUT2D eigenvalue weighted by Crippen LogP contribution is -2.47. The maximum Gasteiger partial charge on any atom is 0.226 e. The van der Waals surface area contributed by atoms with E-state index < -0.39 is 12.2 Å². The minimum atomic E-state index is -0.747. The molecule has 2 bridgehead atoms. The van der Waals surface area contributed by atoms with Gasteiger partial charge in [0.05, 0.1) is 12.2 Å². The van der Waals surface area contributed by atoms with Gasteiger partial charge in [-0.15, -0.1) is 0 Å². The zero-order chi connectivity index (χ0) is 19.0. The maximum absolute atomic E-state index is 13.2. The highest BCUT2D eigenvalue weighted by Gasteiger charge is 2.46. The van der Waals surface area contributed by atoms with E-state index >= 15 is 0 Å². The molecule has 1 saturated heterocycles. The van der Waals surface area contributed by atoms with Crippen LogP contribution in [-0.4, -0.2) is 46.3 Å². The molecule has 5 nitrogen and oxygen atoms in total. The van der Waals surface area contributed by atoms with Crippen molar-refractivity contribution in [2.45, 2.75) is 63.2 Å². The number of carbonyl (C=O) groups is 1. The molecule has 0 radical (unpaired) electrons. The molecule has 3 saturated carbocycles. The summed E-state index contributed by atoms with van der Waals surface area (Å²) in [4.78, 5) is 15.2. The molecule has 1 amide bonds. The fourth-order valence-electron chi connectivity index (χ4n) is 5.60. The molecule has 27 heavy (non-hydrogen) atoms. The number of nitrogens with zero attached hydrogens (tertiary/aromatic N) is 1. The number of benzene rings is 1. The average molecular weight is 373 g/mol. The molecule has 5 unspecified atom stereocenters. The van der Waals surface area contributed by atoms with E-state index in [0.29, 0.717) is 24.8 Å². The van der Waals surface area contributed by atoms with E-state index in [9.17, 15) is 15.0 Å². The third-order valence-electron chi connectivity index (χ3n) is 7.20. The third kappa shape index (κ3) is 3.78. The Morgan fingerprint density at radius 3 is 2.63 bits per heavy atom. The highest BCUT2D eigenvalue weighted by molar-refractivity contribution is 5.79. The van der Waals surface area contributed by atoms with Gasteiger partial charge in [-0.25, -0.2) is 0 Å². The van der Waals surface area contributed by atoms with Gasteiger partial charge in [0.2, 0.25) is 5.91 Å². The SMILES string of the molecule is NCc1cccc(C2CCN(C(=O)C3CC4CCC3C(O)C(O)C4)CC2)c1. The van der Waals surface area contributed by atoms with Gasteiger partial charge in [-0.05, 0) is 67.4 Å². The number of aliphatic hydroxyl groups is 2. The van der Waals surface area contributed by atoms with Crippen molar-refractivity contribution < 1.29 is 15.0 Å². The molecule has 5 atom stereocenters. The van der Waals surface area contributed by atoms with E-state index in [2.05, 4.69) is 24.3 Å². The lowest BCUT2D eigenvalue weighted by molar-refractivity contribution is -0.142. The largest absolute Gasteiger partial charge is 0.390 e. The first kappa shape index (κ1) is 18.9. The quantitative estimate of drug-likeness (QED) is 0.757. The second-order valence-electron chi connectivity index (χ2n) is 8.79. The normalized spacial score (nSPS) is 34.5. The zero-order valence-electron chi connectivity index (χ0n) is 16.0. The molecular weight excluding hydrogens is 340 g/mol. The number of hydrogen-bond donors (Lipinski definition) is 3. The average Bonchev–Trinajstić information content (AvgIpc) is 2.93. The Morgan fingerprint density at radius 2 is 1.89 bits per heavy atom. The minimum absolute atomic E-state index is 0.0785. The Hall–Kier alpha value is -1.43. The van der Waals surface area contributed by atoms with E-state index in [1.807, 2.05) is 4.90 Å². The topological polar surface area (TPSA) is 86.8 Å². The van der Waals surface area contributed by atoms with Crippen LogP contribution in [0.25, 0.3) is 0 Å². The van der Waals surface area contributed by atoms with Crippen LogP contribution < -0.4 is 5.73 Å². The summed E-state index contributed by atoms with van der Waals surface area (Å²) in [5, 5.41) is 20.6. The molecule has 3 aliphatic carbocycles. The van der Waals surface area contributed by atoms with Crippen LogP contribution in [0.2, 0.25) is 0 Å². The molecule has 148 valence electrons. The van der Waals surface area contributed by atoms with E-state index in [1.165, 1.54) is 5.56 Å². The summed E-state index contributed by atoms with van der Waals surface area (Å²) in [7, 11) is 0. The lowest BCUT2D eigenvalue weighted by Gasteiger charge is -2.39. The van der Waals surface area contributed by atoms with Crippen molar-refractivity contribution in [1.82, 2.24) is 4.90 Å². The molecule has 4 aliphatic rings. The van der Waals surface area contributed by atoms with Gasteiger partial charge in [0, 0.05) is 25.6 Å². The Labute approximate surface area is 161 Å². The van der Waals surface area contributed by atoms with Crippen molar-refractivity contribution in [2.24, 2.45) is 23.5 Å². The van der Waals surface area contributed by atoms with E-state index in [0.717, 1.165) is 50.8 Å². The van der Waals surface area contributed by atoms with Crippen LogP contribution in [0.15, 0.2) is 24.3 Å². The van der Waals surface area contributed by atoms with E-state index in [-0.39, 0.29) is 17.7 Å². The fourth-order valence-corrected chi connectivity index (χ4v) is 5.60. The molecule has 1 heterocycles. The molecule has 0 spiro atoms. The van der Waals surface area contributed by atoms with Gasteiger partial charge in [0.25, 0.3) is 0 Å². The van der Waals surface area contributed by atoms with Crippen LogP contribution in [0.4, 0.5) is 0 Å². The van der Waals surface area contributed by atoms with Crippen LogP contribution in [0.1, 0.15) is 55.6 Å². The van der Waals surface area contributed by atoms with Gasteiger partial charge in [-0.3, -0.25) is 4.79 Å². The van der Waals surface area contributed by atoms with Crippen LogP contribution in [-0.2, 0) is 11.3 Å². The molecular formula is C22H32N2O3. The van der Waals surface area contributed by atoms with Crippen LogP contribution in [0, 0.1) is 17.8 Å². The molecule has 5 rings (SSSR count). The predicted octanol–water partition coefficient (Wildman–Crippen LogP) is 2.01. The second kappa shape index (κ2) is 7.90. The van der Waals surface area contributed by atoms with Crippen LogP contribution in [0.3, 0.4) is 0 Å². The molecule has 1 aliphatic heterocycles. The van der Waals surface area contributed by atoms with Gasteiger partial charge in [-0.1, -0.05) is 24.3 Å². The zero-order valence-corrected chi connectivity index (χ0v) is 16.0. The maximum atomic E-state index is 13.2. The summed E-state index contributed by atoms with van der Waals surface area (Å²) in [6.07, 6.45) is 3.90. The Bertz CT molecular complexity index is 671. The van der Waals surface area contributed by atoms with Gasteiger partial charge in [0.15, 0.2) is 0 Å². The molecule has 5 heteroatoms. The Kier molecular flexibility index (Phi) is 5.53. The molecule has 4 fully saturated rings. The smallest absolute Gasteiger partial charge is 0.226 e. The Balaban J connectivity index is 1.40. The number of fused-ring (bicyclic) bond motifs is 4. The first-order valence-corrected chi connectivity index (χ1v) is 10.5. The molecule has 0 aromatic heterocycles. The van der Waals surface area contributed by atoms with Gasteiger partial charge >= 0.3 is 0 Å². The number of aliphatic hydroxyl groups excluding tert-OH is 2. The summed E-state index contributed by atoms with van der Waals surface area (Å²) in [6, 6.07) is 8.50. The standard InChI is InChI=1S/C22H32N2O3/c23-13-15-2-1-3-17(10-15)16-6-8-24(9-7-16)22(27)19-11-14-4-5-18(19)21(26)20(25)12-14/h1-3,10,14,16,18-21,25-26H,4-9,11-13,23H2. The summed E-state index contributed by atoms with van der Waals surface area (Å²) in [5.41, 5.74) is 8.26. The first-order valence-electron chi connectivity index (χ1n) is 10.5. The molecule has 1 aromatic rings. The number of piperidine rings is 1. The lowest BCUT2D eigenvalue weighted by atomic mass is 9.74. The monoisotopic (exact) mass is 372 g/mol. The van der Waals surface area contributed by atoms with Crippen molar-refractivity contribution in [3.8, 4) is 0 Å². The number of rotatable bonds is 3. The van der Waals surface area contributed by atoms with Crippen molar-refractivity contribution in [3.63, 3.8) is 0 Å². The highest BCUT2D eigenvalue weighted by atomic mass is 16.3. The number of carbonyl (C=O) groups excluding carboxylic acids is 1. The molecule has 4 N–H and O–H groups in total. The van der Waals surface area contributed by atoms with Crippen molar-refractivity contribution in [2.75, 3.05) is 13.1 Å². The Morgan fingerprint density at radius 1 is 1.11 bits per heavy atom. The number of hydrogen-bond acceptors (Lipinski definition) is 4. The molecule has 1 aromatic carbocycles. The van der Waals surface area contributed by atoms with Gasteiger partial charge in [0.1, 0.15) is 0 Å². The summed E-state index contributed by atoms with van der Waals surface area (Å²) < 4.78 is 0. The number of amides is 1. The number of likely N-dealkylation sites (tertiary alicyclic amines) is 1. The fraction of sp³-hybridized carbons (Fsp3) is 0.682. The van der Waals surface area contributed by atoms with Crippen molar-refractivity contribution in [1.29, 1.82) is 0 Å². The van der Waals surface area contributed by atoms with Crippen LogP contribution >= 0.6 is 0 Å². The van der Waals surface area contributed by atoms with Crippen molar-refractivity contribution in [3.05, 3.63) is 35.4 Å². The van der Waals surface area contributed by atoms with Crippen LogP contribution in [0.5, 0.6) is 0 Å².